The number of nitrogens with zero attached hydrogens (tertiary/aromatic N) is 5. The van der Waals surface area contributed by atoms with Crippen molar-refractivity contribution in [1.82, 2.24) is 19.9 Å². The number of hydrogen-bond acceptors (Lipinski definition) is 10. The molecule has 3 rings (SSSR count). The topological polar surface area (TPSA) is 128 Å². The van der Waals surface area contributed by atoms with Crippen molar-refractivity contribution in [3.8, 4) is 17.0 Å². The molecule has 10 heteroatoms. The molecule has 174 valence electrons. The van der Waals surface area contributed by atoms with Crippen LogP contribution in [0.1, 0.15) is 5.56 Å². The smallest absolute Gasteiger partial charge is 0.227 e. The fourth-order valence-corrected chi connectivity index (χ4v) is 3.29. The number of nitrogens with one attached hydrogen (secondary N) is 3. The molecule has 2 aromatic heterocycles. The lowest BCUT2D eigenvalue weighted by Crippen LogP contribution is -2.29. The van der Waals surface area contributed by atoms with Gasteiger partial charge in [0.2, 0.25) is 5.95 Å². The molecule has 3 aromatic rings. The van der Waals surface area contributed by atoms with Crippen LogP contribution in [0.5, 0.6) is 5.75 Å². The second-order valence-corrected chi connectivity index (χ2v) is 7.78. The number of aromatic nitrogens is 3. The minimum Gasteiger partial charge on any atom is -0.494 e. The number of likely N-dealkylation sites (N-methyl/N-ethyl adjacent to an activating group) is 2. The fraction of sp³-hybridized carbons (Fsp3) is 0.304. The van der Waals surface area contributed by atoms with Crippen LogP contribution in [0.15, 0.2) is 36.7 Å². The second kappa shape index (κ2) is 10.6. The normalized spacial score (nSPS) is 10.7. The van der Waals surface area contributed by atoms with Gasteiger partial charge in [0.15, 0.2) is 0 Å². The number of anilines is 5. The van der Waals surface area contributed by atoms with Gasteiger partial charge in [0.25, 0.3) is 0 Å². The maximum Gasteiger partial charge on any atom is 0.227 e. The molecule has 0 saturated carbocycles. The molecule has 0 amide bonds. The van der Waals surface area contributed by atoms with Crippen molar-refractivity contribution in [3.63, 3.8) is 0 Å². The molecule has 0 unspecified atom stereocenters. The van der Waals surface area contributed by atoms with Gasteiger partial charge in [-0.25, -0.2) is 15.0 Å². The van der Waals surface area contributed by atoms with Crippen molar-refractivity contribution in [2.45, 2.75) is 0 Å². The standard InChI is InChI=1S/C23H31N9O/c1-26-22-15(13-24)10-16(14-28-22)18-6-7-27-23(29-18)30-19-11-17(25)20(12-21(19)33-5)32(4)9-8-31(2)3/h6-7,10-14,24H,8-9,25H2,1-5H3,(H,26,28)(H,27,29,30). The zero-order valence-corrected chi connectivity index (χ0v) is 19.7. The van der Waals surface area contributed by atoms with Gasteiger partial charge in [0.1, 0.15) is 11.6 Å². The van der Waals surface area contributed by atoms with E-state index in [1.165, 1.54) is 6.21 Å². The lowest BCUT2D eigenvalue weighted by atomic mass is 10.1. The minimum atomic E-state index is 0.396. The first-order chi connectivity index (χ1) is 15.9. The van der Waals surface area contributed by atoms with E-state index in [4.69, 9.17) is 15.9 Å². The van der Waals surface area contributed by atoms with E-state index in [2.05, 4.69) is 35.4 Å². The average molecular weight is 450 g/mol. The lowest BCUT2D eigenvalue weighted by molar-refractivity contribution is 0.413. The minimum absolute atomic E-state index is 0.396. The van der Waals surface area contributed by atoms with E-state index in [-0.39, 0.29) is 0 Å². The maximum absolute atomic E-state index is 7.62. The molecule has 0 spiro atoms. The summed E-state index contributed by atoms with van der Waals surface area (Å²) in [6, 6.07) is 7.39. The number of ether oxygens (including phenoxy) is 1. The number of hydrogen-bond donors (Lipinski definition) is 4. The number of nitrogen functional groups attached to an aromatic ring is 1. The van der Waals surface area contributed by atoms with E-state index in [0.29, 0.717) is 40.1 Å². The van der Waals surface area contributed by atoms with Crippen molar-refractivity contribution in [2.24, 2.45) is 0 Å². The number of methoxy groups -OCH3 is 1. The van der Waals surface area contributed by atoms with Gasteiger partial charge in [-0.1, -0.05) is 0 Å². The van der Waals surface area contributed by atoms with Gasteiger partial charge >= 0.3 is 0 Å². The van der Waals surface area contributed by atoms with Gasteiger partial charge in [0, 0.05) is 63.0 Å². The highest BCUT2D eigenvalue weighted by Gasteiger charge is 2.14. The summed E-state index contributed by atoms with van der Waals surface area (Å²) in [5.74, 6) is 1.67. The van der Waals surface area contributed by atoms with Crippen molar-refractivity contribution in [2.75, 3.05) is 69.7 Å². The molecule has 10 nitrogen and oxygen atoms in total. The summed E-state index contributed by atoms with van der Waals surface area (Å²) in [6.07, 6.45) is 4.63. The Kier molecular flexibility index (Phi) is 7.62. The Bertz CT molecular complexity index is 1120. The maximum atomic E-state index is 7.62. The van der Waals surface area contributed by atoms with Gasteiger partial charge in [-0.15, -0.1) is 0 Å². The molecule has 1 aromatic carbocycles. The van der Waals surface area contributed by atoms with Gasteiger partial charge in [-0.3, -0.25) is 0 Å². The summed E-state index contributed by atoms with van der Waals surface area (Å²) in [5.41, 5.74) is 10.7. The molecule has 5 N–H and O–H groups in total. The first-order valence-corrected chi connectivity index (χ1v) is 10.5. The quantitative estimate of drug-likeness (QED) is 0.273. The Morgan fingerprint density at radius 2 is 1.94 bits per heavy atom. The Hall–Kier alpha value is -3.92. The van der Waals surface area contributed by atoms with Crippen LogP contribution in [0.4, 0.5) is 28.8 Å². The van der Waals surface area contributed by atoms with E-state index in [9.17, 15) is 0 Å². The number of benzene rings is 1. The summed E-state index contributed by atoms with van der Waals surface area (Å²) in [7, 11) is 9.47. The predicted molar refractivity (Wildman–Crippen MR) is 135 cm³/mol. The Morgan fingerprint density at radius 1 is 1.15 bits per heavy atom. The van der Waals surface area contributed by atoms with Crippen LogP contribution in [0.25, 0.3) is 11.3 Å². The molecular formula is C23H31N9O. The van der Waals surface area contributed by atoms with Gasteiger partial charge < -0.3 is 36.3 Å². The summed E-state index contributed by atoms with van der Waals surface area (Å²) >= 11 is 0. The molecule has 0 fully saturated rings. The molecule has 0 aliphatic rings. The first-order valence-electron chi connectivity index (χ1n) is 10.5. The first kappa shape index (κ1) is 23.7. The highest BCUT2D eigenvalue weighted by atomic mass is 16.5. The van der Waals surface area contributed by atoms with Crippen molar-refractivity contribution in [1.29, 1.82) is 5.41 Å². The Labute approximate surface area is 194 Å². The molecule has 0 radical (unpaired) electrons. The van der Waals surface area contributed by atoms with Gasteiger partial charge in [0.05, 0.1) is 29.9 Å². The third kappa shape index (κ3) is 5.66. The van der Waals surface area contributed by atoms with Gasteiger partial charge in [-0.05, 0) is 32.3 Å². The zero-order chi connectivity index (χ0) is 24.0. The molecule has 0 aliphatic carbocycles. The Balaban J connectivity index is 1.88. The molecule has 0 bridgehead atoms. The fourth-order valence-electron chi connectivity index (χ4n) is 3.29. The summed E-state index contributed by atoms with van der Waals surface area (Å²) in [4.78, 5) is 17.5. The van der Waals surface area contributed by atoms with E-state index in [1.807, 2.05) is 39.3 Å². The third-order valence-electron chi connectivity index (χ3n) is 5.15. The zero-order valence-electron chi connectivity index (χ0n) is 19.7. The van der Waals surface area contributed by atoms with E-state index < -0.39 is 0 Å². The van der Waals surface area contributed by atoms with E-state index in [0.717, 1.165) is 24.3 Å². The third-order valence-corrected chi connectivity index (χ3v) is 5.15. The highest BCUT2D eigenvalue weighted by Crippen LogP contribution is 2.36. The lowest BCUT2D eigenvalue weighted by Gasteiger charge is -2.24. The van der Waals surface area contributed by atoms with Crippen LogP contribution in [0.2, 0.25) is 0 Å². The largest absolute Gasteiger partial charge is 0.494 e. The number of pyridine rings is 1. The average Bonchev–Trinajstić information content (AvgIpc) is 2.82. The molecule has 33 heavy (non-hydrogen) atoms. The van der Waals surface area contributed by atoms with Crippen LogP contribution in [-0.2, 0) is 0 Å². The predicted octanol–water partition coefficient (Wildman–Crippen LogP) is 2.91. The van der Waals surface area contributed by atoms with E-state index >= 15 is 0 Å². The Morgan fingerprint density at radius 3 is 2.61 bits per heavy atom. The van der Waals surface area contributed by atoms with Gasteiger partial charge in [-0.2, -0.15) is 0 Å². The van der Waals surface area contributed by atoms with Crippen molar-refractivity contribution in [3.05, 3.63) is 42.2 Å². The molecule has 0 atom stereocenters. The second-order valence-electron chi connectivity index (χ2n) is 7.78. The van der Waals surface area contributed by atoms with Crippen LogP contribution >= 0.6 is 0 Å². The molecule has 2 heterocycles. The van der Waals surface area contributed by atoms with E-state index in [1.54, 1.807) is 32.6 Å². The summed E-state index contributed by atoms with van der Waals surface area (Å²) in [6.45, 7) is 1.74. The molecule has 0 aliphatic heterocycles. The monoisotopic (exact) mass is 449 g/mol. The SMILES string of the molecule is CNc1ncc(-c2ccnc(Nc3cc(N)c(N(C)CCN(C)C)cc3OC)n2)cc1C=N. The highest BCUT2D eigenvalue weighted by molar-refractivity contribution is 5.86. The van der Waals surface area contributed by atoms with Crippen LogP contribution < -0.4 is 26.0 Å². The molecular weight excluding hydrogens is 418 g/mol. The van der Waals surface area contributed by atoms with Crippen molar-refractivity contribution >= 4 is 35.0 Å². The van der Waals surface area contributed by atoms with Crippen LogP contribution in [-0.4, -0.2) is 74.5 Å². The van der Waals surface area contributed by atoms with Crippen LogP contribution in [0.3, 0.4) is 0 Å². The number of rotatable bonds is 10. The van der Waals surface area contributed by atoms with Crippen LogP contribution in [0, 0.1) is 5.41 Å². The summed E-state index contributed by atoms with van der Waals surface area (Å²) < 4.78 is 5.61. The number of nitrogens with two attached hydrogens (primary N) is 1. The summed E-state index contributed by atoms with van der Waals surface area (Å²) in [5, 5.41) is 13.8. The van der Waals surface area contributed by atoms with Crippen molar-refractivity contribution < 1.29 is 4.74 Å². The molecule has 0 saturated heterocycles.